The first kappa shape index (κ1) is 31.2. The Bertz CT molecular complexity index is 1410. The second kappa shape index (κ2) is 13.8. The van der Waals surface area contributed by atoms with Crippen molar-refractivity contribution in [2.24, 2.45) is 0 Å². The summed E-state index contributed by atoms with van der Waals surface area (Å²) in [5.74, 6) is -0.781. The van der Waals surface area contributed by atoms with E-state index in [-0.39, 0.29) is 24.9 Å². The number of aryl methyl sites for hydroxylation is 2. The Balaban J connectivity index is 2.06. The molecule has 0 spiro atoms. The minimum atomic E-state index is -3.81. The summed E-state index contributed by atoms with van der Waals surface area (Å²) < 4.78 is 26.9. The molecule has 2 amide bonds. The van der Waals surface area contributed by atoms with Crippen LogP contribution >= 0.6 is 11.6 Å². The van der Waals surface area contributed by atoms with Crippen LogP contribution in [-0.4, -0.2) is 50.0 Å². The molecule has 0 fully saturated rings. The van der Waals surface area contributed by atoms with Gasteiger partial charge in [0.2, 0.25) is 21.8 Å². The Morgan fingerprint density at radius 2 is 1.57 bits per heavy atom. The highest BCUT2D eigenvalue weighted by Crippen LogP contribution is 2.23. The molecule has 0 radical (unpaired) electrons. The Morgan fingerprint density at radius 1 is 0.925 bits per heavy atom. The van der Waals surface area contributed by atoms with Gasteiger partial charge in [0, 0.05) is 24.0 Å². The quantitative estimate of drug-likeness (QED) is 0.314. The molecule has 0 saturated carbocycles. The maximum atomic E-state index is 14.1. The molecule has 0 aliphatic carbocycles. The van der Waals surface area contributed by atoms with Crippen molar-refractivity contribution in [3.8, 4) is 0 Å². The van der Waals surface area contributed by atoms with Crippen molar-refractivity contribution < 1.29 is 18.0 Å². The highest BCUT2D eigenvalue weighted by Gasteiger charge is 2.33. The standard InChI is InChI=1S/C31H38ClN3O4S/c1-6-24(4)33-31(37)29(19-25-10-8-7-9-11-25)34(20-26-13-15-27(32)16-14-26)30(36)21-35(40(5,38)39)28-17-12-22(2)23(3)18-28/h7-18,24,29H,6,19-21H2,1-5H3,(H,33,37)/t24-,29+/m0/s1. The first-order valence-electron chi connectivity index (χ1n) is 13.3. The number of hydrogen-bond acceptors (Lipinski definition) is 4. The van der Waals surface area contributed by atoms with Crippen molar-refractivity contribution in [1.82, 2.24) is 10.2 Å². The van der Waals surface area contributed by atoms with Gasteiger partial charge < -0.3 is 10.2 Å². The fourth-order valence-electron chi connectivity index (χ4n) is 4.28. The highest BCUT2D eigenvalue weighted by molar-refractivity contribution is 7.92. The minimum Gasteiger partial charge on any atom is -0.352 e. The zero-order valence-electron chi connectivity index (χ0n) is 23.7. The molecule has 3 rings (SSSR count). The van der Waals surface area contributed by atoms with Crippen LogP contribution in [0.1, 0.15) is 42.5 Å². The highest BCUT2D eigenvalue weighted by atomic mass is 35.5. The van der Waals surface area contributed by atoms with E-state index in [2.05, 4.69) is 5.32 Å². The van der Waals surface area contributed by atoms with Crippen molar-refractivity contribution >= 4 is 39.1 Å². The summed E-state index contributed by atoms with van der Waals surface area (Å²) in [7, 11) is -3.81. The van der Waals surface area contributed by atoms with Gasteiger partial charge in [-0.25, -0.2) is 8.42 Å². The molecule has 2 atom stereocenters. The number of halogens is 1. The van der Waals surface area contributed by atoms with E-state index in [0.29, 0.717) is 10.7 Å². The normalized spacial score (nSPS) is 12.8. The Kier molecular flexibility index (Phi) is 10.8. The molecule has 214 valence electrons. The van der Waals surface area contributed by atoms with E-state index in [1.165, 1.54) is 4.90 Å². The zero-order valence-corrected chi connectivity index (χ0v) is 25.3. The second-order valence-corrected chi connectivity index (χ2v) is 12.6. The SMILES string of the molecule is CC[C@H](C)NC(=O)[C@@H](Cc1ccccc1)N(Cc1ccc(Cl)cc1)C(=O)CN(c1ccc(C)c(C)c1)S(C)(=O)=O. The van der Waals surface area contributed by atoms with E-state index < -0.39 is 28.5 Å². The van der Waals surface area contributed by atoms with Gasteiger partial charge in [-0.1, -0.05) is 67.1 Å². The van der Waals surface area contributed by atoms with Gasteiger partial charge >= 0.3 is 0 Å². The Labute approximate surface area is 243 Å². The molecular formula is C31H38ClN3O4S. The first-order valence-corrected chi connectivity index (χ1v) is 15.5. The van der Waals surface area contributed by atoms with Crippen LogP contribution in [-0.2, 0) is 32.6 Å². The van der Waals surface area contributed by atoms with Gasteiger partial charge in [0.05, 0.1) is 11.9 Å². The van der Waals surface area contributed by atoms with Crippen LogP contribution in [0.3, 0.4) is 0 Å². The lowest BCUT2D eigenvalue weighted by Crippen LogP contribution is -2.54. The predicted molar refractivity (Wildman–Crippen MR) is 162 cm³/mol. The lowest BCUT2D eigenvalue weighted by molar-refractivity contribution is -0.140. The molecule has 0 heterocycles. The average Bonchev–Trinajstić information content (AvgIpc) is 2.91. The average molecular weight is 584 g/mol. The number of benzene rings is 3. The number of carbonyl (C=O) groups excluding carboxylic acids is 2. The summed E-state index contributed by atoms with van der Waals surface area (Å²) in [5, 5.41) is 3.57. The molecular weight excluding hydrogens is 546 g/mol. The van der Waals surface area contributed by atoms with Crippen molar-refractivity contribution in [3.63, 3.8) is 0 Å². The van der Waals surface area contributed by atoms with Gasteiger partial charge in [-0.05, 0) is 73.7 Å². The van der Waals surface area contributed by atoms with Crippen molar-refractivity contribution in [2.75, 3.05) is 17.1 Å². The van der Waals surface area contributed by atoms with E-state index in [0.717, 1.165) is 39.2 Å². The van der Waals surface area contributed by atoms with Crippen LogP contribution in [0.2, 0.25) is 5.02 Å². The lowest BCUT2D eigenvalue weighted by atomic mass is 10.0. The number of amides is 2. The number of anilines is 1. The Morgan fingerprint density at radius 3 is 2.15 bits per heavy atom. The molecule has 0 aromatic heterocycles. The fourth-order valence-corrected chi connectivity index (χ4v) is 5.24. The molecule has 9 heteroatoms. The van der Waals surface area contributed by atoms with E-state index in [4.69, 9.17) is 11.6 Å². The van der Waals surface area contributed by atoms with E-state index in [9.17, 15) is 18.0 Å². The zero-order chi connectivity index (χ0) is 29.4. The van der Waals surface area contributed by atoms with Crippen LogP contribution in [0.5, 0.6) is 0 Å². The van der Waals surface area contributed by atoms with Crippen molar-refractivity contribution in [1.29, 1.82) is 0 Å². The van der Waals surface area contributed by atoms with Crippen molar-refractivity contribution in [2.45, 2.75) is 59.2 Å². The minimum absolute atomic E-state index is 0.0960. The van der Waals surface area contributed by atoms with Crippen LogP contribution < -0.4 is 9.62 Å². The van der Waals surface area contributed by atoms with Gasteiger partial charge in [0.15, 0.2) is 0 Å². The predicted octanol–water partition coefficient (Wildman–Crippen LogP) is 5.28. The molecule has 0 aliphatic rings. The lowest BCUT2D eigenvalue weighted by Gasteiger charge is -2.34. The van der Waals surface area contributed by atoms with Gasteiger partial charge in [-0.3, -0.25) is 13.9 Å². The molecule has 40 heavy (non-hydrogen) atoms. The maximum absolute atomic E-state index is 14.1. The van der Waals surface area contributed by atoms with Crippen LogP contribution in [0.4, 0.5) is 5.69 Å². The molecule has 7 nitrogen and oxygen atoms in total. The largest absolute Gasteiger partial charge is 0.352 e. The summed E-state index contributed by atoms with van der Waals surface area (Å²) in [6, 6.07) is 20.8. The Hall–Kier alpha value is -3.36. The van der Waals surface area contributed by atoms with Crippen LogP contribution in [0.25, 0.3) is 0 Å². The van der Waals surface area contributed by atoms with Crippen LogP contribution in [0, 0.1) is 13.8 Å². The summed E-state index contributed by atoms with van der Waals surface area (Å²) in [4.78, 5) is 29.3. The van der Waals surface area contributed by atoms with Gasteiger partial charge in [-0.2, -0.15) is 0 Å². The summed E-state index contributed by atoms with van der Waals surface area (Å²) in [5.41, 5.74) is 3.97. The summed E-state index contributed by atoms with van der Waals surface area (Å²) in [6.45, 7) is 7.37. The number of rotatable bonds is 12. The molecule has 0 aliphatic heterocycles. The maximum Gasteiger partial charge on any atom is 0.244 e. The summed E-state index contributed by atoms with van der Waals surface area (Å²) in [6.07, 6.45) is 2.07. The van der Waals surface area contributed by atoms with Gasteiger partial charge in [0.1, 0.15) is 12.6 Å². The van der Waals surface area contributed by atoms with E-state index in [1.54, 1.807) is 36.4 Å². The van der Waals surface area contributed by atoms with Gasteiger partial charge in [-0.15, -0.1) is 0 Å². The number of carbonyl (C=O) groups is 2. The summed E-state index contributed by atoms with van der Waals surface area (Å²) >= 11 is 6.10. The second-order valence-electron chi connectivity index (χ2n) is 10.2. The monoisotopic (exact) mass is 583 g/mol. The van der Waals surface area contributed by atoms with Gasteiger partial charge in [0.25, 0.3) is 0 Å². The van der Waals surface area contributed by atoms with E-state index in [1.807, 2.05) is 64.1 Å². The smallest absolute Gasteiger partial charge is 0.244 e. The molecule has 0 unspecified atom stereocenters. The first-order chi connectivity index (χ1) is 18.9. The third-order valence-electron chi connectivity index (χ3n) is 7.00. The third-order valence-corrected chi connectivity index (χ3v) is 8.39. The topological polar surface area (TPSA) is 86.8 Å². The van der Waals surface area contributed by atoms with E-state index >= 15 is 0 Å². The number of nitrogens with zero attached hydrogens (tertiary/aromatic N) is 2. The molecule has 3 aromatic carbocycles. The number of nitrogens with one attached hydrogen (secondary N) is 1. The third kappa shape index (κ3) is 8.57. The number of sulfonamides is 1. The number of hydrogen-bond donors (Lipinski definition) is 1. The fraction of sp³-hybridized carbons (Fsp3) is 0.355. The molecule has 1 N–H and O–H groups in total. The molecule has 0 bridgehead atoms. The molecule has 0 saturated heterocycles. The van der Waals surface area contributed by atoms with Crippen molar-refractivity contribution in [3.05, 3.63) is 100 Å². The molecule has 3 aromatic rings. The van der Waals surface area contributed by atoms with Crippen LogP contribution in [0.15, 0.2) is 72.8 Å².